The van der Waals surface area contributed by atoms with Crippen molar-refractivity contribution in [3.8, 4) is 6.07 Å². The summed E-state index contributed by atoms with van der Waals surface area (Å²) in [4.78, 5) is 11.4. The highest BCUT2D eigenvalue weighted by Gasteiger charge is 2.11. The van der Waals surface area contributed by atoms with Crippen molar-refractivity contribution >= 4 is 11.6 Å². The maximum absolute atomic E-state index is 11.4. The lowest BCUT2D eigenvalue weighted by molar-refractivity contribution is -0.115. The maximum atomic E-state index is 11.4. The molecule has 15 heavy (non-hydrogen) atoms. The van der Waals surface area contributed by atoms with Gasteiger partial charge in [0.05, 0.1) is 17.3 Å². The van der Waals surface area contributed by atoms with Crippen LogP contribution in [0.1, 0.15) is 12.5 Å². The molecule has 1 amide bonds. The van der Waals surface area contributed by atoms with Crippen molar-refractivity contribution in [2.75, 3.05) is 5.01 Å². The van der Waals surface area contributed by atoms with Crippen LogP contribution in [0.5, 0.6) is 0 Å². The second kappa shape index (κ2) is 4.40. The van der Waals surface area contributed by atoms with Gasteiger partial charge in [0, 0.05) is 5.57 Å². The molecule has 76 valence electrons. The largest absolute Gasteiger partial charge is 0.268 e. The van der Waals surface area contributed by atoms with Crippen molar-refractivity contribution in [2.45, 2.75) is 6.92 Å². The SMILES string of the molecule is C=C(C)C(=O)N(N)c1ccc(C#N)cc1. The van der Waals surface area contributed by atoms with Crippen LogP contribution in [0.3, 0.4) is 0 Å². The topological polar surface area (TPSA) is 70.1 Å². The van der Waals surface area contributed by atoms with Crippen LogP contribution in [0, 0.1) is 11.3 Å². The number of benzene rings is 1. The van der Waals surface area contributed by atoms with Crippen LogP contribution in [0.2, 0.25) is 0 Å². The molecule has 0 aromatic heterocycles. The van der Waals surface area contributed by atoms with Gasteiger partial charge in [-0.1, -0.05) is 6.58 Å². The average Bonchev–Trinajstić information content (AvgIpc) is 2.27. The van der Waals surface area contributed by atoms with E-state index >= 15 is 0 Å². The van der Waals surface area contributed by atoms with Gasteiger partial charge < -0.3 is 0 Å². The summed E-state index contributed by atoms with van der Waals surface area (Å²) in [6.45, 7) is 5.10. The first-order chi connectivity index (χ1) is 7.06. The molecule has 0 unspecified atom stereocenters. The zero-order chi connectivity index (χ0) is 11.4. The second-order valence-corrected chi connectivity index (χ2v) is 3.11. The molecule has 0 aliphatic heterocycles. The van der Waals surface area contributed by atoms with Crippen LogP contribution in [-0.2, 0) is 4.79 Å². The standard InChI is InChI=1S/C11H11N3O/c1-8(2)11(15)14(13)10-5-3-9(7-12)4-6-10/h3-6H,1,13H2,2H3. The van der Waals surface area contributed by atoms with Crippen LogP contribution in [0.25, 0.3) is 0 Å². The van der Waals surface area contributed by atoms with E-state index in [1.54, 1.807) is 31.2 Å². The number of carbonyl (C=O) groups is 1. The third kappa shape index (κ3) is 2.42. The molecule has 4 heteroatoms. The van der Waals surface area contributed by atoms with E-state index in [2.05, 4.69) is 6.58 Å². The summed E-state index contributed by atoms with van der Waals surface area (Å²) in [5.74, 6) is 5.22. The Morgan fingerprint density at radius 1 is 1.47 bits per heavy atom. The van der Waals surface area contributed by atoms with Crippen molar-refractivity contribution in [2.24, 2.45) is 5.84 Å². The molecule has 2 N–H and O–H groups in total. The Morgan fingerprint density at radius 2 is 2.00 bits per heavy atom. The molecule has 0 fully saturated rings. The van der Waals surface area contributed by atoms with Gasteiger partial charge in [-0.25, -0.2) is 10.9 Å². The Morgan fingerprint density at radius 3 is 2.40 bits per heavy atom. The van der Waals surface area contributed by atoms with Crippen LogP contribution in [-0.4, -0.2) is 5.91 Å². The molecule has 0 aliphatic carbocycles. The Hall–Kier alpha value is -2.12. The minimum Gasteiger partial charge on any atom is -0.268 e. The molecule has 0 saturated heterocycles. The molecule has 0 spiro atoms. The predicted octanol–water partition coefficient (Wildman–Crippen LogP) is 1.34. The summed E-state index contributed by atoms with van der Waals surface area (Å²) >= 11 is 0. The van der Waals surface area contributed by atoms with Crippen molar-refractivity contribution < 1.29 is 4.79 Å². The summed E-state index contributed by atoms with van der Waals surface area (Å²) in [5, 5.41) is 9.59. The number of hydrogen-bond acceptors (Lipinski definition) is 3. The fourth-order valence-corrected chi connectivity index (χ4v) is 1.02. The third-order valence-corrected chi connectivity index (χ3v) is 1.86. The van der Waals surface area contributed by atoms with E-state index in [4.69, 9.17) is 11.1 Å². The van der Waals surface area contributed by atoms with Gasteiger partial charge in [-0.3, -0.25) is 4.79 Å². The third-order valence-electron chi connectivity index (χ3n) is 1.86. The van der Waals surface area contributed by atoms with Gasteiger partial charge in [-0.15, -0.1) is 0 Å². The van der Waals surface area contributed by atoms with E-state index in [-0.39, 0.29) is 5.91 Å². The van der Waals surface area contributed by atoms with Gasteiger partial charge >= 0.3 is 0 Å². The number of anilines is 1. The monoisotopic (exact) mass is 201 g/mol. The number of rotatable bonds is 2. The zero-order valence-electron chi connectivity index (χ0n) is 8.40. The number of nitriles is 1. The predicted molar refractivity (Wildman–Crippen MR) is 57.6 cm³/mol. The normalized spacial score (nSPS) is 9.13. The fraction of sp³-hybridized carbons (Fsp3) is 0.0909. The lowest BCUT2D eigenvalue weighted by Gasteiger charge is -2.16. The van der Waals surface area contributed by atoms with Gasteiger partial charge in [0.25, 0.3) is 5.91 Å². The highest BCUT2D eigenvalue weighted by atomic mass is 16.2. The van der Waals surface area contributed by atoms with Gasteiger partial charge in [0.2, 0.25) is 0 Å². The van der Waals surface area contributed by atoms with E-state index in [0.29, 0.717) is 16.8 Å². The van der Waals surface area contributed by atoms with E-state index in [9.17, 15) is 4.79 Å². The molecule has 1 aromatic carbocycles. The minimum atomic E-state index is -0.347. The highest BCUT2D eigenvalue weighted by Crippen LogP contribution is 2.13. The number of amides is 1. The van der Waals surface area contributed by atoms with Gasteiger partial charge in [-0.2, -0.15) is 5.26 Å². The minimum absolute atomic E-state index is 0.347. The van der Waals surface area contributed by atoms with Crippen molar-refractivity contribution in [3.63, 3.8) is 0 Å². The molecule has 1 rings (SSSR count). The quantitative estimate of drug-likeness (QED) is 0.340. The number of nitrogens with zero attached hydrogens (tertiary/aromatic N) is 2. The first-order valence-corrected chi connectivity index (χ1v) is 4.31. The second-order valence-electron chi connectivity index (χ2n) is 3.11. The summed E-state index contributed by atoms with van der Waals surface area (Å²) < 4.78 is 0. The Labute approximate surface area is 88.2 Å². The average molecular weight is 201 g/mol. The Kier molecular flexibility index (Phi) is 3.21. The van der Waals surface area contributed by atoms with E-state index < -0.39 is 0 Å². The summed E-state index contributed by atoms with van der Waals surface area (Å²) in [7, 11) is 0. The van der Waals surface area contributed by atoms with Crippen LogP contribution < -0.4 is 10.9 Å². The number of carbonyl (C=O) groups excluding carboxylic acids is 1. The first kappa shape index (κ1) is 11.0. The molecule has 0 radical (unpaired) electrons. The fourth-order valence-electron chi connectivity index (χ4n) is 1.02. The number of hydrogen-bond donors (Lipinski definition) is 1. The Bertz CT molecular complexity index is 428. The lowest BCUT2D eigenvalue weighted by Crippen LogP contribution is -2.37. The summed E-state index contributed by atoms with van der Waals surface area (Å²) in [6.07, 6.45) is 0. The van der Waals surface area contributed by atoms with Gasteiger partial charge in [-0.05, 0) is 31.2 Å². The van der Waals surface area contributed by atoms with Crippen LogP contribution in [0.4, 0.5) is 5.69 Å². The maximum Gasteiger partial charge on any atom is 0.267 e. The van der Waals surface area contributed by atoms with E-state index in [1.807, 2.05) is 6.07 Å². The van der Waals surface area contributed by atoms with Crippen LogP contribution in [0.15, 0.2) is 36.4 Å². The van der Waals surface area contributed by atoms with Gasteiger partial charge in [0.1, 0.15) is 0 Å². The van der Waals surface area contributed by atoms with Crippen molar-refractivity contribution in [3.05, 3.63) is 42.0 Å². The lowest BCUT2D eigenvalue weighted by atomic mass is 10.2. The number of nitrogens with two attached hydrogens (primary N) is 1. The molecule has 4 nitrogen and oxygen atoms in total. The molecule has 0 aliphatic rings. The molecular formula is C11H11N3O. The van der Waals surface area contributed by atoms with Gasteiger partial charge in [0.15, 0.2) is 0 Å². The van der Waals surface area contributed by atoms with E-state index in [1.165, 1.54) is 0 Å². The van der Waals surface area contributed by atoms with Crippen LogP contribution >= 0.6 is 0 Å². The molecule has 1 aromatic rings. The first-order valence-electron chi connectivity index (χ1n) is 4.31. The summed E-state index contributed by atoms with van der Waals surface area (Å²) in [5.41, 5.74) is 1.42. The van der Waals surface area contributed by atoms with Crippen molar-refractivity contribution in [1.82, 2.24) is 0 Å². The molecule has 0 bridgehead atoms. The molecule has 0 atom stereocenters. The number of hydrazine groups is 1. The molecule has 0 heterocycles. The zero-order valence-corrected chi connectivity index (χ0v) is 8.40. The smallest absolute Gasteiger partial charge is 0.267 e. The molecular weight excluding hydrogens is 190 g/mol. The molecule has 0 saturated carbocycles. The van der Waals surface area contributed by atoms with E-state index in [0.717, 1.165) is 5.01 Å². The van der Waals surface area contributed by atoms with Crippen molar-refractivity contribution in [1.29, 1.82) is 5.26 Å². The Balaban J connectivity index is 2.93. The summed E-state index contributed by atoms with van der Waals surface area (Å²) in [6, 6.07) is 8.40. The highest BCUT2D eigenvalue weighted by molar-refractivity contribution is 6.03.